The first-order valence-electron chi connectivity index (χ1n) is 5.14. The lowest BCUT2D eigenvalue weighted by Crippen LogP contribution is -2.16. The lowest BCUT2D eigenvalue weighted by Gasteiger charge is -2.02. The van der Waals surface area contributed by atoms with Crippen LogP contribution in [0.25, 0.3) is 0 Å². The number of halogens is 1. The average Bonchev–Trinajstić information content (AvgIpc) is 2.55. The van der Waals surface area contributed by atoms with Crippen molar-refractivity contribution in [1.29, 1.82) is 0 Å². The Kier molecular flexibility index (Phi) is 4.51. The number of carbonyl (C=O) groups excluding carboxylic acids is 2. The van der Waals surface area contributed by atoms with Crippen molar-refractivity contribution < 1.29 is 14.3 Å². The monoisotopic (exact) mass is 259 g/mol. The number of aromatic nitrogens is 2. The van der Waals surface area contributed by atoms with E-state index in [0.717, 1.165) is 4.68 Å². The van der Waals surface area contributed by atoms with Crippen LogP contribution in [0.1, 0.15) is 34.2 Å². The molecule has 1 rings (SSSR count). The summed E-state index contributed by atoms with van der Waals surface area (Å²) in [4.78, 5) is 23.2. The lowest BCUT2D eigenvalue weighted by atomic mass is 10.2. The van der Waals surface area contributed by atoms with Gasteiger partial charge in [-0.05, 0) is 13.8 Å². The minimum Gasteiger partial charge on any atom is -0.462 e. The van der Waals surface area contributed by atoms with E-state index >= 15 is 0 Å². The van der Waals surface area contributed by atoms with Gasteiger partial charge in [0, 0.05) is 12.3 Å². The van der Waals surface area contributed by atoms with E-state index in [9.17, 15) is 9.59 Å². The number of anilines is 1. The van der Waals surface area contributed by atoms with Crippen LogP contribution >= 0.6 is 11.6 Å². The molecule has 0 amide bonds. The topological polar surface area (TPSA) is 87.2 Å². The zero-order valence-corrected chi connectivity index (χ0v) is 10.5. The molecule has 0 saturated heterocycles. The van der Waals surface area contributed by atoms with Crippen molar-refractivity contribution in [3.63, 3.8) is 0 Å². The molecule has 0 fully saturated rings. The van der Waals surface area contributed by atoms with E-state index in [4.69, 9.17) is 22.1 Å². The molecule has 0 atom stereocenters. The Labute approximate surface area is 104 Å². The van der Waals surface area contributed by atoms with Gasteiger partial charge in [0.1, 0.15) is 11.4 Å². The third kappa shape index (κ3) is 2.76. The van der Waals surface area contributed by atoms with Gasteiger partial charge < -0.3 is 10.5 Å². The SMILES string of the molecule is CCOC(=O)c1c(C)nn(C(=O)CCCl)c1N. The van der Waals surface area contributed by atoms with Gasteiger partial charge in [0.05, 0.1) is 12.3 Å². The van der Waals surface area contributed by atoms with Crippen molar-refractivity contribution >= 4 is 29.3 Å². The number of rotatable bonds is 4. The highest BCUT2D eigenvalue weighted by Crippen LogP contribution is 2.18. The van der Waals surface area contributed by atoms with Crippen LogP contribution in [0.2, 0.25) is 0 Å². The number of nitrogens with two attached hydrogens (primary N) is 1. The van der Waals surface area contributed by atoms with Gasteiger partial charge in [-0.2, -0.15) is 9.78 Å². The van der Waals surface area contributed by atoms with Gasteiger partial charge in [0.2, 0.25) is 5.91 Å². The number of ether oxygens (including phenoxy) is 1. The Bertz CT molecular complexity index is 442. The molecule has 0 unspecified atom stereocenters. The smallest absolute Gasteiger partial charge is 0.343 e. The Hall–Kier alpha value is -1.56. The molecule has 94 valence electrons. The molecule has 2 N–H and O–H groups in total. The average molecular weight is 260 g/mol. The van der Waals surface area contributed by atoms with Crippen LogP contribution in [-0.2, 0) is 4.74 Å². The van der Waals surface area contributed by atoms with Crippen LogP contribution in [0.5, 0.6) is 0 Å². The summed E-state index contributed by atoms with van der Waals surface area (Å²) >= 11 is 5.46. The number of nitrogen functional groups attached to an aromatic ring is 1. The molecule has 0 radical (unpaired) electrons. The summed E-state index contributed by atoms with van der Waals surface area (Å²) in [6.07, 6.45) is 0.106. The molecular weight excluding hydrogens is 246 g/mol. The molecule has 1 heterocycles. The molecule has 0 aromatic carbocycles. The van der Waals surface area contributed by atoms with Crippen molar-refractivity contribution in [1.82, 2.24) is 9.78 Å². The molecular formula is C10H14ClN3O3. The molecule has 6 nitrogen and oxygen atoms in total. The Balaban J connectivity index is 3.09. The van der Waals surface area contributed by atoms with Crippen LogP contribution < -0.4 is 5.73 Å². The molecule has 1 aromatic rings. The largest absolute Gasteiger partial charge is 0.462 e. The first-order valence-corrected chi connectivity index (χ1v) is 5.67. The minimum absolute atomic E-state index is 0.00364. The van der Waals surface area contributed by atoms with E-state index < -0.39 is 5.97 Å². The molecule has 1 aromatic heterocycles. The van der Waals surface area contributed by atoms with Crippen LogP contribution in [0.15, 0.2) is 0 Å². The molecule has 7 heteroatoms. The first-order chi connectivity index (χ1) is 8.02. The van der Waals surface area contributed by atoms with E-state index in [1.54, 1.807) is 13.8 Å². The van der Waals surface area contributed by atoms with Crippen LogP contribution in [0, 0.1) is 6.92 Å². The summed E-state index contributed by atoms with van der Waals surface area (Å²) in [5, 5.41) is 3.91. The zero-order chi connectivity index (χ0) is 13.0. The van der Waals surface area contributed by atoms with Gasteiger partial charge >= 0.3 is 5.97 Å². The van der Waals surface area contributed by atoms with E-state index in [-0.39, 0.29) is 36.2 Å². The number of nitrogens with zero attached hydrogens (tertiary/aromatic N) is 2. The summed E-state index contributed by atoms with van der Waals surface area (Å²) in [5.41, 5.74) is 6.20. The van der Waals surface area contributed by atoms with Crippen molar-refractivity contribution in [2.45, 2.75) is 20.3 Å². The van der Waals surface area contributed by atoms with Gasteiger partial charge in [-0.15, -0.1) is 11.6 Å². The lowest BCUT2D eigenvalue weighted by molar-refractivity contribution is 0.0527. The van der Waals surface area contributed by atoms with Crippen LogP contribution in [-0.4, -0.2) is 34.1 Å². The molecule has 0 aliphatic heterocycles. The van der Waals surface area contributed by atoms with E-state index in [0.29, 0.717) is 5.69 Å². The predicted octanol–water partition coefficient (Wildman–Crippen LogP) is 1.22. The Morgan fingerprint density at radius 1 is 1.53 bits per heavy atom. The van der Waals surface area contributed by atoms with E-state index in [1.165, 1.54) is 0 Å². The van der Waals surface area contributed by atoms with Crippen molar-refractivity contribution in [3.8, 4) is 0 Å². The normalized spacial score (nSPS) is 10.3. The van der Waals surface area contributed by atoms with E-state index in [1.807, 2.05) is 0 Å². The van der Waals surface area contributed by atoms with Gasteiger partial charge in [-0.1, -0.05) is 0 Å². The second kappa shape index (κ2) is 5.67. The number of carbonyl (C=O) groups is 2. The molecule has 0 spiro atoms. The second-order valence-electron chi connectivity index (χ2n) is 3.31. The quantitative estimate of drug-likeness (QED) is 0.649. The standard InChI is InChI=1S/C10H14ClN3O3/c1-3-17-10(16)8-6(2)13-14(9(8)12)7(15)4-5-11/h3-5,12H2,1-2H3. The Morgan fingerprint density at radius 2 is 2.18 bits per heavy atom. The predicted molar refractivity (Wildman–Crippen MR) is 63.3 cm³/mol. The molecule has 0 aliphatic carbocycles. The molecule has 0 aliphatic rings. The maximum atomic E-state index is 11.6. The fourth-order valence-electron chi connectivity index (χ4n) is 1.38. The van der Waals surface area contributed by atoms with Crippen molar-refractivity contribution in [3.05, 3.63) is 11.3 Å². The minimum atomic E-state index is -0.576. The van der Waals surface area contributed by atoms with Crippen molar-refractivity contribution in [2.24, 2.45) is 0 Å². The number of aryl methyl sites for hydroxylation is 1. The number of hydrogen-bond acceptors (Lipinski definition) is 5. The van der Waals surface area contributed by atoms with E-state index in [2.05, 4.69) is 5.10 Å². The van der Waals surface area contributed by atoms with Gasteiger partial charge in [0.25, 0.3) is 0 Å². The number of hydrogen-bond donors (Lipinski definition) is 1. The zero-order valence-electron chi connectivity index (χ0n) is 9.70. The van der Waals surface area contributed by atoms with Crippen LogP contribution in [0.4, 0.5) is 5.82 Å². The summed E-state index contributed by atoms with van der Waals surface area (Å²) < 4.78 is 5.82. The maximum absolute atomic E-state index is 11.6. The van der Waals surface area contributed by atoms with Crippen molar-refractivity contribution in [2.75, 3.05) is 18.2 Å². The highest BCUT2D eigenvalue weighted by atomic mass is 35.5. The molecule has 0 saturated carbocycles. The number of alkyl halides is 1. The fourth-order valence-corrected chi connectivity index (χ4v) is 1.54. The summed E-state index contributed by atoms with van der Waals surface area (Å²) in [6.45, 7) is 3.51. The van der Waals surface area contributed by atoms with Crippen LogP contribution in [0.3, 0.4) is 0 Å². The second-order valence-corrected chi connectivity index (χ2v) is 3.69. The maximum Gasteiger partial charge on any atom is 0.343 e. The van der Waals surface area contributed by atoms with Gasteiger partial charge in [0.15, 0.2) is 0 Å². The highest BCUT2D eigenvalue weighted by molar-refractivity contribution is 6.19. The van der Waals surface area contributed by atoms with Gasteiger partial charge in [-0.25, -0.2) is 4.79 Å². The third-order valence-electron chi connectivity index (χ3n) is 2.12. The summed E-state index contributed by atoms with van der Waals surface area (Å²) in [7, 11) is 0. The molecule has 0 bridgehead atoms. The summed E-state index contributed by atoms with van der Waals surface area (Å²) in [6, 6.07) is 0. The third-order valence-corrected chi connectivity index (χ3v) is 2.31. The van der Waals surface area contributed by atoms with Gasteiger partial charge in [-0.3, -0.25) is 4.79 Å². The summed E-state index contributed by atoms with van der Waals surface area (Å²) in [5.74, 6) is -0.758. The fraction of sp³-hybridized carbons (Fsp3) is 0.500. The molecule has 17 heavy (non-hydrogen) atoms. The Morgan fingerprint density at radius 3 is 2.71 bits per heavy atom. The highest BCUT2D eigenvalue weighted by Gasteiger charge is 2.23. The number of esters is 1. The first kappa shape index (κ1) is 13.5.